The van der Waals surface area contributed by atoms with Crippen LogP contribution in [0.2, 0.25) is 0 Å². The molecule has 0 spiro atoms. The molecule has 142 valence electrons. The van der Waals surface area contributed by atoms with Gasteiger partial charge in [-0.25, -0.2) is 4.98 Å². The van der Waals surface area contributed by atoms with Gasteiger partial charge >= 0.3 is 6.18 Å². The summed E-state index contributed by atoms with van der Waals surface area (Å²) in [5.74, 6) is -0.0934. The Morgan fingerprint density at radius 3 is 2.27 bits per heavy atom. The molecule has 1 aromatic carbocycles. The van der Waals surface area contributed by atoms with Crippen molar-refractivity contribution < 1.29 is 22.5 Å². The van der Waals surface area contributed by atoms with E-state index in [1.54, 1.807) is 24.3 Å². The molecule has 1 heterocycles. The Morgan fingerprint density at radius 1 is 1.12 bits per heavy atom. The van der Waals surface area contributed by atoms with Crippen LogP contribution in [0, 0.1) is 0 Å². The number of hydrogen-bond donors (Lipinski definition) is 1. The lowest BCUT2D eigenvalue weighted by molar-refractivity contribution is -0.142. The first-order valence-electron chi connectivity index (χ1n) is 7.96. The van der Waals surface area contributed by atoms with Crippen LogP contribution < -0.4 is 9.46 Å². The largest absolute Gasteiger partial charge is 0.598 e. The van der Waals surface area contributed by atoms with Crippen LogP contribution in [0.5, 0.6) is 11.5 Å². The molecule has 0 fully saturated rings. The van der Waals surface area contributed by atoms with Crippen molar-refractivity contribution in [3.8, 4) is 11.5 Å². The van der Waals surface area contributed by atoms with E-state index in [-0.39, 0.29) is 17.5 Å². The summed E-state index contributed by atoms with van der Waals surface area (Å²) in [5.41, 5.74) is -0.225. The van der Waals surface area contributed by atoms with Gasteiger partial charge in [-0.15, -0.1) is 4.72 Å². The average Bonchev–Trinajstić information content (AvgIpc) is 2.54. The van der Waals surface area contributed by atoms with Crippen molar-refractivity contribution in [1.29, 1.82) is 0 Å². The van der Waals surface area contributed by atoms with Crippen molar-refractivity contribution in [3.05, 3.63) is 53.9 Å². The van der Waals surface area contributed by atoms with E-state index in [0.717, 1.165) is 11.8 Å². The SMILES string of the molecule is C[C@@H](N[S+]([O-])C(C)(C)C)c1ccc(Oc2cccnc2C(F)(F)F)cc1. The fourth-order valence-electron chi connectivity index (χ4n) is 2.04. The minimum Gasteiger partial charge on any atom is -0.598 e. The molecular weight excluding hydrogens is 365 g/mol. The topological polar surface area (TPSA) is 57.2 Å². The summed E-state index contributed by atoms with van der Waals surface area (Å²) < 4.78 is 59.0. The quantitative estimate of drug-likeness (QED) is 0.734. The monoisotopic (exact) mass is 386 g/mol. The lowest BCUT2D eigenvalue weighted by Crippen LogP contribution is -2.40. The van der Waals surface area contributed by atoms with Crippen molar-refractivity contribution in [2.24, 2.45) is 0 Å². The first-order valence-corrected chi connectivity index (χ1v) is 9.11. The Balaban J connectivity index is 2.11. The van der Waals surface area contributed by atoms with Crippen LogP contribution >= 0.6 is 0 Å². The maximum Gasteiger partial charge on any atom is 0.437 e. The van der Waals surface area contributed by atoms with Gasteiger partial charge in [0.25, 0.3) is 0 Å². The van der Waals surface area contributed by atoms with Gasteiger partial charge < -0.3 is 9.29 Å². The van der Waals surface area contributed by atoms with Crippen LogP contribution in [0.1, 0.15) is 45.0 Å². The van der Waals surface area contributed by atoms with Crippen LogP contribution in [0.3, 0.4) is 0 Å². The van der Waals surface area contributed by atoms with Crippen molar-refractivity contribution in [2.75, 3.05) is 0 Å². The molecule has 2 atom stereocenters. The highest BCUT2D eigenvalue weighted by Gasteiger charge is 2.36. The molecule has 0 amide bonds. The molecule has 0 radical (unpaired) electrons. The number of nitrogens with zero attached hydrogens (tertiary/aromatic N) is 1. The normalized spacial score (nSPS) is 14.8. The lowest BCUT2D eigenvalue weighted by atomic mass is 10.1. The molecule has 2 rings (SSSR count). The van der Waals surface area contributed by atoms with E-state index in [4.69, 9.17) is 4.74 Å². The Labute approximate surface area is 154 Å². The van der Waals surface area contributed by atoms with Crippen LogP contribution in [-0.4, -0.2) is 14.3 Å². The van der Waals surface area contributed by atoms with Crippen LogP contribution in [-0.2, 0) is 17.5 Å². The highest BCUT2D eigenvalue weighted by atomic mass is 32.2. The average molecular weight is 386 g/mol. The fourth-order valence-corrected chi connectivity index (χ4v) is 2.85. The number of rotatable bonds is 5. The molecule has 0 saturated heterocycles. The van der Waals surface area contributed by atoms with Crippen LogP contribution in [0.15, 0.2) is 42.6 Å². The Kier molecular flexibility index (Phi) is 6.21. The predicted molar refractivity (Wildman–Crippen MR) is 95.2 cm³/mol. The third kappa shape index (κ3) is 5.36. The minimum absolute atomic E-state index is 0.187. The van der Waals surface area contributed by atoms with Crippen molar-refractivity contribution in [3.63, 3.8) is 0 Å². The number of halogens is 3. The van der Waals surface area contributed by atoms with E-state index >= 15 is 0 Å². The van der Waals surface area contributed by atoms with Crippen LogP contribution in [0.25, 0.3) is 0 Å². The molecule has 26 heavy (non-hydrogen) atoms. The van der Waals surface area contributed by atoms with Gasteiger partial charge in [-0.2, -0.15) is 13.2 Å². The van der Waals surface area contributed by atoms with Crippen molar-refractivity contribution >= 4 is 11.4 Å². The summed E-state index contributed by atoms with van der Waals surface area (Å²) in [6.45, 7) is 7.46. The summed E-state index contributed by atoms with van der Waals surface area (Å²) >= 11 is -1.23. The summed E-state index contributed by atoms with van der Waals surface area (Å²) in [6.07, 6.45) is -3.52. The zero-order chi connectivity index (χ0) is 19.5. The minimum atomic E-state index is -4.59. The third-order valence-electron chi connectivity index (χ3n) is 3.49. The van der Waals surface area contributed by atoms with Crippen LogP contribution in [0.4, 0.5) is 13.2 Å². The van der Waals surface area contributed by atoms with Gasteiger partial charge in [0.1, 0.15) is 10.5 Å². The number of hydrogen-bond acceptors (Lipinski definition) is 4. The number of ether oxygens (including phenoxy) is 1. The number of nitrogens with one attached hydrogen (secondary N) is 1. The van der Waals surface area contributed by atoms with E-state index in [1.165, 1.54) is 12.1 Å². The zero-order valence-electron chi connectivity index (χ0n) is 14.9. The van der Waals surface area contributed by atoms with Gasteiger partial charge in [0.2, 0.25) is 0 Å². The summed E-state index contributed by atoms with van der Waals surface area (Å²) in [4.78, 5) is 3.35. The highest BCUT2D eigenvalue weighted by Crippen LogP contribution is 2.36. The maximum atomic E-state index is 13.0. The molecule has 1 N–H and O–H groups in total. The first kappa shape index (κ1) is 20.5. The summed E-state index contributed by atoms with van der Waals surface area (Å²) in [6, 6.07) is 9.00. The van der Waals surface area contributed by atoms with Gasteiger partial charge in [-0.3, -0.25) is 0 Å². The van der Waals surface area contributed by atoms with Gasteiger partial charge in [0.05, 0.1) is 6.04 Å². The fraction of sp³-hybridized carbons (Fsp3) is 0.389. The number of aromatic nitrogens is 1. The molecule has 8 heteroatoms. The smallest absolute Gasteiger partial charge is 0.437 e. The van der Waals surface area contributed by atoms with E-state index in [1.807, 2.05) is 27.7 Å². The van der Waals surface area contributed by atoms with E-state index in [0.29, 0.717) is 0 Å². The molecule has 0 aliphatic rings. The highest BCUT2D eigenvalue weighted by molar-refractivity contribution is 7.90. The second-order valence-corrected chi connectivity index (χ2v) is 8.74. The van der Waals surface area contributed by atoms with Crippen molar-refractivity contribution in [2.45, 2.75) is 44.7 Å². The molecule has 0 aliphatic heterocycles. The number of pyridine rings is 1. The van der Waals surface area contributed by atoms with Gasteiger partial charge in [-0.1, -0.05) is 12.1 Å². The van der Waals surface area contributed by atoms with Crippen molar-refractivity contribution in [1.82, 2.24) is 9.71 Å². The second-order valence-electron chi connectivity index (χ2n) is 6.74. The molecule has 1 unspecified atom stereocenters. The predicted octanol–water partition coefficient (Wildman–Crippen LogP) is 5.01. The van der Waals surface area contributed by atoms with E-state index in [9.17, 15) is 17.7 Å². The molecule has 4 nitrogen and oxygen atoms in total. The Morgan fingerprint density at radius 2 is 1.73 bits per heavy atom. The number of alkyl halides is 3. The second kappa shape index (κ2) is 7.85. The standard InChI is InChI=1S/C18H21F3N2O2S/c1-12(23-26(24)17(2,3)4)13-7-9-14(10-8-13)25-15-6-5-11-22-16(15)18(19,20)21/h5-12,23H,1-4H3/t12-,26?/m1/s1. The van der Waals surface area contributed by atoms with Gasteiger partial charge in [-0.05, 0) is 57.5 Å². The zero-order valence-corrected chi connectivity index (χ0v) is 15.7. The Hall–Kier alpha value is -1.77. The van der Waals surface area contributed by atoms with Gasteiger partial charge in [0.15, 0.2) is 11.4 Å². The number of benzene rings is 1. The molecule has 0 bridgehead atoms. The van der Waals surface area contributed by atoms with Gasteiger partial charge in [0, 0.05) is 17.6 Å². The third-order valence-corrected chi connectivity index (χ3v) is 5.17. The Bertz CT molecular complexity index is 730. The lowest BCUT2D eigenvalue weighted by Gasteiger charge is -2.26. The van der Waals surface area contributed by atoms with E-state index in [2.05, 4.69) is 9.71 Å². The maximum absolute atomic E-state index is 13.0. The molecular formula is C18H21F3N2O2S. The first-order chi connectivity index (χ1) is 12.0. The van der Waals surface area contributed by atoms with E-state index < -0.39 is 28.0 Å². The summed E-state index contributed by atoms with van der Waals surface area (Å²) in [5, 5.41) is 0. The summed E-state index contributed by atoms with van der Waals surface area (Å²) in [7, 11) is 0. The molecule has 0 saturated carbocycles. The molecule has 1 aromatic heterocycles. The molecule has 0 aliphatic carbocycles. The molecule has 2 aromatic rings.